The zero-order valence-corrected chi connectivity index (χ0v) is 26.1. The van der Waals surface area contributed by atoms with Gasteiger partial charge in [-0.1, -0.05) is 60.1 Å². The fourth-order valence-corrected chi connectivity index (χ4v) is 4.85. The quantitative estimate of drug-likeness (QED) is 0.175. The van der Waals surface area contributed by atoms with Crippen molar-refractivity contribution in [3.8, 4) is 11.5 Å². The number of carbonyl (C=O) groups is 1. The molecule has 0 saturated carbocycles. The number of rotatable bonds is 8. The van der Waals surface area contributed by atoms with E-state index in [1.54, 1.807) is 56.3 Å². The molecule has 13 heteroatoms. The van der Waals surface area contributed by atoms with E-state index in [4.69, 9.17) is 27.9 Å². The zero-order chi connectivity index (χ0) is 28.3. The number of nitrogens with one attached hydrogen (secondary N) is 1. The van der Waals surface area contributed by atoms with Crippen LogP contribution in [0.4, 0.5) is 17.1 Å². The summed E-state index contributed by atoms with van der Waals surface area (Å²) in [6.45, 7) is 3.92. The molecule has 2 N–H and O–H groups in total. The second kappa shape index (κ2) is 13.3. The maximum atomic E-state index is 13.5. The summed E-state index contributed by atoms with van der Waals surface area (Å²) in [5, 5.41) is 25.7. The monoisotopic (exact) mass is 609 g/mol. The molecule has 0 saturated heterocycles. The summed E-state index contributed by atoms with van der Waals surface area (Å²) < 4.78 is 38.5. The van der Waals surface area contributed by atoms with Gasteiger partial charge in [-0.15, -0.1) is 5.11 Å². The first-order chi connectivity index (χ1) is 18.5. The number of carbonyl (C=O) groups excluding carboxylic acids is 1. The van der Waals surface area contributed by atoms with Gasteiger partial charge >= 0.3 is 29.6 Å². The molecule has 0 unspecified atom stereocenters. The van der Waals surface area contributed by atoms with Gasteiger partial charge in [0.25, 0.3) is 16.0 Å². The van der Waals surface area contributed by atoms with E-state index in [0.717, 1.165) is 6.07 Å². The SMILES string of the molecule is CCOc1cc(NC(=O)c2cc3ccccc3c(N=Nc3cc(S(=O)(=O)O)cc(CC)c3Cl)c2[O-])ccc1Cl.[Na+]. The summed E-state index contributed by atoms with van der Waals surface area (Å²) in [4.78, 5) is 12.8. The van der Waals surface area contributed by atoms with Crippen molar-refractivity contribution in [2.75, 3.05) is 11.9 Å². The van der Waals surface area contributed by atoms with Gasteiger partial charge in [0.15, 0.2) is 0 Å². The summed E-state index contributed by atoms with van der Waals surface area (Å²) in [7, 11) is -4.55. The summed E-state index contributed by atoms with van der Waals surface area (Å²) in [5.41, 5.74) is 0.380. The molecule has 0 aromatic heterocycles. The molecule has 4 aromatic carbocycles. The maximum Gasteiger partial charge on any atom is 1.00 e. The van der Waals surface area contributed by atoms with Crippen LogP contribution in [0.1, 0.15) is 29.8 Å². The number of fused-ring (bicyclic) bond motifs is 1. The first-order valence-electron chi connectivity index (χ1n) is 11.7. The van der Waals surface area contributed by atoms with Crippen LogP contribution < -0.4 is 44.7 Å². The van der Waals surface area contributed by atoms with Crippen molar-refractivity contribution in [2.45, 2.75) is 25.2 Å². The van der Waals surface area contributed by atoms with Gasteiger partial charge in [-0.05, 0) is 54.6 Å². The Hall–Kier alpha value is -2.70. The van der Waals surface area contributed by atoms with Gasteiger partial charge in [0.05, 0.1) is 27.2 Å². The number of aryl methyl sites for hydroxylation is 1. The van der Waals surface area contributed by atoms with E-state index in [1.165, 1.54) is 12.1 Å². The number of amides is 1. The standard InChI is InChI=1S/C27H23Cl2N3O6S.Na/c1-3-15-11-18(39(35,36)37)14-22(24(15)29)31-32-25-19-8-6-5-7-16(19)12-20(26(25)33)27(34)30-17-9-10-21(28)23(13-17)38-4-2;/h5-14,33H,3-4H2,1-2H3,(H,30,34)(H,35,36,37);/q;+1/p-1. The van der Waals surface area contributed by atoms with Gasteiger partial charge in [0.1, 0.15) is 11.4 Å². The minimum atomic E-state index is -4.55. The largest absolute Gasteiger partial charge is 1.00 e. The van der Waals surface area contributed by atoms with Crippen LogP contribution in [0.15, 0.2) is 75.8 Å². The van der Waals surface area contributed by atoms with Crippen LogP contribution in [-0.2, 0) is 16.5 Å². The molecule has 0 aliphatic carbocycles. The third-order valence-corrected chi connectivity index (χ3v) is 7.33. The first kappa shape index (κ1) is 31.8. The van der Waals surface area contributed by atoms with E-state index in [0.29, 0.717) is 45.8 Å². The van der Waals surface area contributed by atoms with Gasteiger partial charge in [-0.3, -0.25) is 9.35 Å². The van der Waals surface area contributed by atoms with Gasteiger partial charge in [-0.2, -0.15) is 13.5 Å². The molecule has 0 spiro atoms. The first-order valence-corrected chi connectivity index (χ1v) is 13.9. The van der Waals surface area contributed by atoms with Crippen molar-refractivity contribution >= 4 is 67.1 Å². The van der Waals surface area contributed by atoms with Crippen LogP contribution in [-0.4, -0.2) is 25.5 Å². The van der Waals surface area contributed by atoms with Gasteiger partial charge in [0, 0.05) is 22.7 Å². The number of halogens is 2. The summed E-state index contributed by atoms with van der Waals surface area (Å²) in [6, 6.07) is 15.2. The summed E-state index contributed by atoms with van der Waals surface area (Å²) >= 11 is 12.5. The average molecular weight is 610 g/mol. The predicted octanol–water partition coefficient (Wildman–Crippen LogP) is 4.10. The van der Waals surface area contributed by atoms with Crippen molar-refractivity contribution in [3.63, 3.8) is 0 Å². The number of ether oxygens (including phenoxy) is 1. The van der Waals surface area contributed by atoms with Crippen LogP contribution >= 0.6 is 23.2 Å². The predicted molar refractivity (Wildman–Crippen MR) is 149 cm³/mol. The molecule has 0 atom stereocenters. The molecule has 4 rings (SSSR count). The van der Waals surface area contributed by atoms with Crippen LogP contribution in [0, 0.1) is 0 Å². The minimum Gasteiger partial charge on any atom is -0.870 e. The Labute approximate surface area is 263 Å². The topological polar surface area (TPSA) is 140 Å². The Bertz CT molecular complexity index is 1730. The maximum absolute atomic E-state index is 13.5. The van der Waals surface area contributed by atoms with Gasteiger partial charge < -0.3 is 15.2 Å². The van der Waals surface area contributed by atoms with Crippen molar-refractivity contribution in [2.24, 2.45) is 10.2 Å². The Balaban J connectivity index is 0.00000441. The second-order valence-corrected chi connectivity index (χ2v) is 10.5. The van der Waals surface area contributed by atoms with Crippen LogP contribution in [0.3, 0.4) is 0 Å². The van der Waals surface area contributed by atoms with Crippen LogP contribution in [0.25, 0.3) is 10.8 Å². The fraction of sp³-hybridized carbons (Fsp3) is 0.148. The average Bonchev–Trinajstić information content (AvgIpc) is 2.90. The number of benzene rings is 4. The third-order valence-electron chi connectivity index (χ3n) is 5.75. The molecule has 0 heterocycles. The van der Waals surface area contributed by atoms with Crippen LogP contribution in [0.2, 0.25) is 10.0 Å². The Morgan fingerprint density at radius 2 is 1.77 bits per heavy atom. The van der Waals surface area contributed by atoms with E-state index in [2.05, 4.69) is 15.5 Å². The van der Waals surface area contributed by atoms with E-state index >= 15 is 0 Å². The molecule has 40 heavy (non-hydrogen) atoms. The molecular weight excluding hydrogens is 588 g/mol. The minimum absolute atomic E-state index is 0. The van der Waals surface area contributed by atoms with E-state index < -0.39 is 26.7 Å². The normalized spacial score (nSPS) is 11.4. The van der Waals surface area contributed by atoms with Crippen molar-refractivity contribution in [3.05, 3.63) is 81.8 Å². The molecule has 0 aliphatic rings. The fourth-order valence-electron chi connectivity index (χ4n) is 3.85. The number of anilines is 1. The molecule has 4 aromatic rings. The Morgan fingerprint density at radius 1 is 1.05 bits per heavy atom. The molecule has 9 nitrogen and oxygen atoms in total. The summed E-state index contributed by atoms with van der Waals surface area (Å²) in [6.07, 6.45) is 0.353. The second-order valence-electron chi connectivity index (χ2n) is 8.30. The Kier molecular flexibility index (Phi) is 10.6. The molecule has 0 aliphatic heterocycles. The van der Waals surface area contributed by atoms with Crippen molar-refractivity contribution in [1.29, 1.82) is 0 Å². The van der Waals surface area contributed by atoms with E-state index in [1.807, 2.05) is 0 Å². The molecule has 1 amide bonds. The Morgan fingerprint density at radius 3 is 2.45 bits per heavy atom. The zero-order valence-electron chi connectivity index (χ0n) is 21.7. The van der Waals surface area contributed by atoms with E-state index in [9.17, 15) is 22.9 Å². The molecule has 0 radical (unpaired) electrons. The number of azo groups is 1. The number of nitrogens with zero attached hydrogens (tertiary/aromatic N) is 2. The van der Waals surface area contributed by atoms with Crippen LogP contribution in [0.5, 0.6) is 11.5 Å². The molecule has 0 bridgehead atoms. The van der Waals surface area contributed by atoms with Crippen molar-refractivity contribution < 1.29 is 57.2 Å². The molecular formula is C27H22Cl2N3NaO6S. The van der Waals surface area contributed by atoms with Crippen molar-refractivity contribution in [1.82, 2.24) is 0 Å². The van der Waals surface area contributed by atoms with Gasteiger partial charge in [-0.25, -0.2) is 0 Å². The van der Waals surface area contributed by atoms with Gasteiger partial charge in [0.2, 0.25) is 0 Å². The third kappa shape index (κ3) is 6.95. The number of hydrogen-bond donors (Lipinski definition) is 2. The van der Waals surface area contributed by atoms with E-state index in [-0.39, 0.29) is 51.5 Å². The number of hydrogen-bond acceptors (Lipinski definition) is 7. The molecule has 202 valence electrons. The smallest absolute Gasteiger partial charge is 0.870 e. The summed E-state index contributed by atoms with van der Waals surface area (Å²) in [5.74, 6) is -1.01. The molecule has 0 fully saturated rings.